The van der Waals surface area contributed by atoms with Gasteiger partial charge < -0.3 is 10.2 Å². The van der Waals surface area contributed by atoms with Crippen LogP contribution in [-0.4, -0.2) is 10.2 Å². The lowest BCUT2D eigenvalue weighted by Crippen LogP contribution is -1.77. The van der Waals surface area contributed by atoms with Crippen molar-refractivity contribution >= 4 is 15.9 Å². The van der Waals surface area contributed by atoms with Gasteiger partial charge in [0.2, 0.25) is 5.82 Å². The maximum atomic E-state index is 12.5. The first-order chi connectivity index (χ1) is 4.63. The molecule has 1 aromatic carbocycles. The summed E-state index contributed by atoms with van der Waals surface area (Å²) in [7, 11) is 0. The van der Waals surface area contributed by atoms with Crippen molar-refractivity contribution in [2.45, 2.75) is 0 Å². The van der Waals surface area contributed by atoms with Crippen LogP contribution in [0.25, 0.3) is 0 Å². The fourth-order valence-electron chi connectivity index (χ4n) is 0.530. The van der Waals surface area contributed by atoms with E-state index in [0.717, 1.165) is 6.07 Å². The summed E-state index contributed by atoms with van der Waals surface area (Å²) in [4.78, 5) is 0. The first-order valence-corrected chi connectivity index (χ1v) is 3.28. The van der Waals surface area contributed by atoms with Crippen LogP contribution < -0.4 is 0 Å². The van der Waals surface area contributed by atoms with Gasteiger partial charge in [-0.25, -0.2) is 0 Å². The maximum absolute atomic E-state index is 12.5. The molecule has 0 fully saturated rings. The van der Waals surface area contributed by atoms with Gasteiger partial charge in [0.1, 0.15) is 0 Å². The van der Waals surface area contributed by atoms with Crippen molar-refractivity contribution in [1.82, 2.24) is 0 Å². The Morgan fingerprint density at radius 3 is 2.40 bits per heavy atom. The van der Waals surface area contributed by atoms with Crippen LogP contribution in [-0.2, 0) is 0 Å². The average Bonchev–Trinajstić information content (AvgIpc) is 1.93. The summed E-state index contributed by atoms with van der Waals surface area (Å²) in [6, 6.07) is 2.51. The molecule has 2 nitrogen and oxygen atoms in total. The van der Waals surface area contributed by atoms with Crippen LogP contribution >= 0.6 is 15.9 Å². The molecule has 0 heterocycles. The molecule has 0 bridgehead atoms. The van der Waals surface area contributed by atoms with E-state index in [-0.39, 0.29) is 4.47 Å². The lowest BCUT2D eigenvalue weighted by Gasteiger charge is -1.98. The van der Waals surface area contributed by atoms with Gasteiger partial charge in [-0.2, -0.15) is 4.39 Å². The van der Waals surface area contributed by atoms with Crippen molar-refractivity contribution < 1.29 is 14.6 Å². The van der Waals surface area contributed by atoms with Crippen molar-refractivity contribution in [3.63, 3.8) is 0 Å². The van der Waals surface area contributed by atoms with Crippen LogP contribution in [0, 0.1) is 5.82 Å². The van der Waals surface area contributed by atoms with Crippen molar-refractivity contribution in [2.75, 3.05) is 0 Å². The number of rotatable bonds is 0. The van der Waals surface area contributed by atoms with Crippen LogP contribution in [0.15, 0.2) is 16.6 Å². The van der Waals surface area contributed by atoms with Crippen LogP contribution in [0.4, 0.5) is 4.39 Å². The lowest BCUT2D eigenvalue weighted by molar-refractivity contribution is 0.387. The molecule has 0 aliphatic rings. The predicted octanol–water partition coefficient (Wildman–Crippen LogP) is 2.00. The van der Waals surface area contributed by atoms with E-state index in [4.69, 9.17) is 10.2 Å². The van der Waals surface area contributed by atoms with E-state index in [1.807, 2.05) is 0 Å². The van der Waals surface area contributed by atoms with E-state index in [1.165, 1.54) is 6.07 Å². The minimum absolute atomic E-state index is 0.225. The summed E-state index contributed by atoms with van der Waals surface area (Å²) in [6.07, 6.45) is 0. The van der Waals surface area contributed by atoms with Crippen LogP contribution in [0.5, 0.6) is 11.5 Å². The zero-order chi connectivity index (χ0) is 7.72. The van der Waals surface area contributed by atoms with E-state index in [1.54, 1.807) is 0 Å². The fraction of sp³-hybridized carbons (Fsp3) is 0. The number of phenols is 2. The number of hydrogen-bond acceptors (Lipinski definition) is 2. The summed E-state index contributed by atoms with van der Waals surface area (Å²) in [6.45, 7) is 0. The molecule has 0 saturated carbocycles. The molecule has 54 valence electrons. The number of halogens is 2. The van der Waals surface area contributed by atoms with Gasteiger partial charge in [-0.05, 0) is 28.1 Å². The Morgan fingerprint density at radius 2 is 1.90 bits per heavy atom. The molecule has 4 heteroatoms. The molecule has 0 aromatic heterocycles. The number of phenolic OH excluding ortho intramolecular Hbond substituents is 2. The number of hydrogen-bond donors (Lipinski definition) is 2. The van der Waals surface area contributed by atoms with Gasteiger partial charge in [-0.1, -0.05) is 0 Å². The van der Waals surface area contributed by atoms with Crippen molar-refractivity contribution in [3.8, 4) is 11.5 Å². The molecule has 0 saturated heterocycles. The van der Waals surface area contributed by atoms with Crippen LogP contribution in [0.3, 0.4) is 0 Å². The third-order valence-electron chi connectivity index (χ3n) is 1.05. The first kappa shape index (κ1) is 7.34. The highest BCUT2D eigenvalue weighted by Crippen LogP contribution is 2.31. The van der Waals surface area contributed by atoms with Gasteiger partial charge in [0.05, 0.1) is 4.47 Å². The Labute approximate surface area is 65.1 Å². The third-order valence-corrected chi connectivity index (χ3v) is 1.69. The highest BCUT2D eigenvalue weighted by molar-refractivity contribution is 9.10. The second-order valence-corrected chi connectivity index (χ2v) is 2.58. The Bertz CT molecular complexity index is 235. The summed E-state index contributed by atoms with van der Waals surface area (Å²) < 4.78 is 12.7. The molecular weight excluding hydrogens is 203 g/mol. The number of benzene rings is 1. The van der Waals surface area contributed by atoms with E-state index in [9.17, 15) is 4.39 Å². The minimum Gasteiger partial charge on any atom is -0.505 e. The second kappa shape index (κ2) is 2.46. The molecule has 1 aromatic rings. The SMILES string of the molecule is Oc1ccc(Br)c(O)c1F. The van der Waals surface area contributed by atoms with Crippen LogP contribution in [0.2, 0.25) is 0 Å². The Morgan fingerprint density at radius 1 is 1.30 bits per heavy atom. The summed E-state index contributed by atoms with van der Waals surface area (Å²) in [5.41, 5.74) is 0. The standard InChI is InChI=1S/C6H4BrFO2/c7-3-1-2-4(9)5(8)6(3)10/h1-2,9-10H. The second-order valence-electron chi connectivity index (χ2n) is 1.73. The maximum Gasteiger partial charge on any atom is 0.207 e. The van der Waals surface area contributed by atoms with Gasteiger partial charge >= 0.3 is 0 Å². The smallest absolute Gasteiger partial charge is 0.207 e. The molecule has 0 radical (unpaired) electrons. The molecule has 10 heavy (non-hydrogen) atoms. The van der Waals surface area contributed by atoms with Gasteiger partial charge in [-0.3, -0.25) is 0 Å². The highest BCUT2D eigenvalue weighted by atomic mass is 79.9. The first-order valence-electron chi connectivity index (χ1n) is 2.49. The van der Waals surface area contributed by atoms with Crippen LogP contribution in [0.1, 0.15) is 0 Å². The fourth-order valence-corrected chi connectivity index (χ4v) is 0.837. The zero-order valence-electron chi connectivity index (χ0n) is 4.81. The van der Waals surface area contributed by atoms with E-state index >= 15 is 0 Å². The van der Waals surface area contributed by atoms with E-state index in [2.05, 4.69) is 15.9 Å². The lowest BCUT2D eigenvalue weighted by atomic mass is 10.3. The monoisotopic (exact) mass is 206 g/mol. The Kier molecular flexibility index (Phi) is 1.80. The molecule has 2 N–H and O–H groups in total. The predicted molar refractivity (Wildman–Crippen MR) is 37.4 cm³/mol. The average molecular weight is 207 g/mol. The third kappa shape index (κ3) is 1.07. The summed E-state index contributed by atoms with van der Waals surface area (Å²) in [5, 5.41) is 17.5. The normalized spacial score (nSPS) is 9.80. The summed E-state index contributed by atoms with van der Waals surface area (Å²) in [5.74, 6) is -2.13. The highest BCUT2D eigenvalue weighted by Gasteiger charge is 2.08. The molecule has 0 aliphatic heterocycles. The zero-order valence-corrected chi connectivity index (χ0v) is 6.39. The number of aromatic hydroxyl groups is 2. The Balaban J connectivity index is 3.34. The molecule has 0 amide bonds. The van der Waals surface area contributed by atoms with Gasteiger partial charge in [0.25, 0.3) is 0 Å². The van der Waals surface area contributed by atoms with Gasteiger partial charge in [0.15, 0.2) is 11.5 Å². The quantitative estimate of drug-likeness (QED) is 0.682. The van der Waals surface area contributed by atoms with Gasteiger partial charge in [0, 0.05) is 0 Å². The van der Waals surface area contributed by atoms with E-state index in [0.29, 0.717) is 0 Å². The molecular formula is C6H4BrFO2. The molecule has 1 rings (SSSR count). The minimum atomic E-state index is -1.01. The van der Waals surface area contributed by atoms with E-state index < -0.39 is 17.3 Å². The van der Waals surface area contributed by atoms with Crippen molar-refractivity contribution in [3.05, 3.63) is 22.4 Å². The largest absolute Gasteiger partial charge is 0.505 e. The van der Waals surface area contributed by atoms with Crippen molar-refractivity contribution in [2.24, 2.45) is 0 Å². The van der Waals surface area contributed by atoms with Crippen molar-refractivity contribution in [1.29, 1.82) is 0 Å². The topological polar surface area (TPSA) is 40.5 Å². The van der Waals surface area contributed by atoms with Gasteiger partial charge in [-0.15, -0.1) is 0 Å². The molecule has 0 unspecified atom stereocenters. The molecule has 0 spiro atoms. The summed E-state index contributed by atoms with van der Waals surface area (Å²) >= 11 is 2.88. The molecule has 0 atom stereocenters. The molecule has 0 aliphatic carbocycles. The Hall–Kier alpha value is -0.770.